The van der Waals surface area contributed by atoms with Crippen LogP contribution < -0.4 is 10.5 Å². The number of aromatic nitrogens is 2. The van der Waals surface area contributed by atoms with E-state index in [0.29, 0.717) is 21.8 Å². The number of ether oxygens (including phenoxy) is 1. The Morgan fingerprint density at radius 2 is 1.94 bits per heavy atom. The monoisotopic (exact) mass is 293 g/mol. The Morgan fingerprint density at radius 1 is 1.24 bits per heavy atom. The number of carbonyl (C=O) groups excluding carboxylic acids is 1. The number of rotatable bonds is 3. The Bertz CT molecular complexity index is 543. The molecule has 0 bridgehead atoms. The lowest BCUT2D eigenvalue weighted by atomic mass is 10.2. The molecular weight excluding hydrogens is 286 g/mol. The molecule has 0 spiro atoms. The van der Waals surface area contributed by atoms with Gasteiger partial charge in [-0.1, -0.05) is 0 Å². The first-order valence-corrected chi connectivity index (χ1v) is 5.50. The maximum Gasteiger partial charge on any atom is 0.248 e. The maximum absolute atomic E-state index is 10.9. The fourth-order valence-electron chi connectivity index (χ4n) is 1.18. The molecule has 1 heterocycles. The topological polar surface area (TPSA) is 78.1 Å². The van der Waals surface area contributed by atoms with E-state index >= 15 is 0 Å². The van der Waals surface area contributed by atoms with Gasteiger partial charge in [0.15, 0.2) is 0 Å². The van der Waals surface area contributed by atoms with Crippen molar-refractivity contribution in [1.29, 1.82) is 0 Å². The highest BCUT2D eigenvalue weighted by Crippen LogP contribution is 2.21. The molecule has 2 aromatic rings. The van der Waals surface area contributed by atoms with E-state index in [1.165, 1.54) is 6.33 Å². The minimum Gasteiger partial charge on any atom is -0.439 e. The van der Waals surface area contributed by atoms with Gasteiger partial charge >= 0.3 is 0 Å². The molecule has 0 radical (unpaired) electrons. The zero-order valence-corrected chi connectivity index (χ0v) is 10.2. The quantitative estimate of drug-likeness (QED) is 0.880. The van der Waals surface area contributed by atoms with Gasteiger partial charge in [-0.2, -0.15) is 0 Å². The Labute approximate surface area is 106 Å². The van der Waals surface area contributed by atoms with Crippen LogP contribution in [0.3, 0.4) is 0 Å². The molecule has 86 valence electrons. The van der Waals surface area contributed by atoms with Crippen LogP contribution in [0, 0.1) is 0 Å². The zero-order chi connectivity index (χ0) is 12.3. The normalized spacial score (nSPS) is 9.94. The van der Waals surface area contributed by atoms with Crippen LogP contribution in [0.25, 0.3) is 0 Å². The van der Waals surface area contributed by atoms with Crippen molar-refractivity contribution < 1.29 is 9.53 Å². The average molecular weight is 294 g/mol. The minimum absolute atomic E-state index is 0.415. The molecule has 0 aliphatic carbocycles. The van der Waals surface area contributed by atoms with Crippen LogP contribution in [0.15, 0.2) is 41.3 Å². The number of nitrogens with two attached hydrogens (primary N) is 1. The van der Waals surface area contributed by atoms with Gasteiger partial charge in [0.05, 0.1) is 0 Å². The van der Waals surface area contributed by atoms with Gasteiger partial charge in [0.25, 0.3) is 0 Å². The summed E-state index contributed by atoms with van der Waals surface area (Å²) in [5, 5.41) is 0. The Balaban J connectivity index is 2.16. The standard InChI is InChI=1S/C11H8BrN3O2/c12-9-5-10(15-6-14-9)17-8-3-1-7(2-4-8)11(13)16/h1-6H,(H2,13,16). The molecule has 1 aromatic carbocycles. The predicted octanol–water partition coefficient (Wildman–Crippen LogP) is 2.13. The van der Waals surface area contributed by atoms with E-state index in [9.17, 15) is 4.79 Å². The molecule has 0 fully saturated rings. The molecule has 17 heavy (non-hydrogen) atoms. The van der Waals surface area contributed by atoms with Crippen molar-refractivity contribution in [3.8, 4) is 11.6 Å². The molecule has 1 amide bonds. The molecule has 2 rings (SSSR count). The number of halogens is 1. The molecular formula is C11H8BrN3O2. The number of benzene rings is 1. The van der Waals surface area contributed by atoms with Crippen LogP contribution in [-0.4, -0.2) is 15.9 Å². The van der Waals surface area contributed by atoms with Gasteiger partial charge in [-0.25, -0.2) is 9.97 Å². The molecule has 2 N–H and O–H groups in total. The molecule has 0 aliphatic heterocycles. The second-order valence-corrected chi connectivity index (χ2v) is 3.98. The van der Waals surface area contributed by atoms with E-state index in [-0.39, 0.29) is 0 Å². The summed E-state index contributed by atoms with van der Waals surface area (Å²) in [6.07, 6.45) is 1.39. The average Bonchev–Trinajstić information content (AvgIpc) is 2.29. The molecule has 0 atom stereocenters. The van der Waals surface area contributed by atoms with E-state index in [0.717, 1.165) is 0 Å². The second-order valence-electron chi connectivity index (χ2n) is 3.17. The van der Waals surface area contributed by atoms with E-state index in [1.54, 1.807) is 30.3 Å². The van der Waals surface area contributed by atoms with Crippen molar-refractivity contribution >= 4 is 21.8 Å². The highest BCUT2D eigenvalue weighted by atomic mass is 79.9. The number of nitrogens with zero attached hydrogens (tertiary/aromatic N) is 2. The van der Waals surface area contributed by atoms with E-state index in [1.807, 2.05) is 0 Å². The first kappa shape index (κ1) is 11.5. The Hall–Kier alpha value is -1.95. The molecule has 1 aromatic heterocycles. The summed E-state index contributed by atoms with van der Waals surface area (Å²) in [4.78, 5) is 18.7. The van der Waals surface area contributed by atoms with Crippen LogP contribution in [0.2, 0.25) is 0 Å². The van der Waals surface area contributed by atoms with Crippen molar-refractivity contribution in [2.45, 2.75) is 0 Å². The lowest BCUT2D eigenvalue weighted by molar-refractivity contribution is 0.100. The molecule has 0 saturated carbocycles. The first-order chi connectivity index (χ1) is 8.15. The van der Waals surface area contributed by atoms with E-state index in [2.05, 4.69) is 25.9 Å². The van der Waals surface area contributed by atoms with Crippen molar-refractivity contribution in [3.05, 3.63) is 46.8 Å². The first-order valence-electron chi connectivity index (χ1n) is 4.70. The van der Waals surface area contributed by atoms with Crippen LogP contribution >= 0.6 is 15.9 Å². The number of carbonyl (C=O) groups is 1. The number of hydrogen-bond acceptors (Lipinski definition) is 4. The third-order valence-corrected chi connectivity index (χ3v) is 2.40. The van der Waals surface area contributed by atoms with Gasteiger partial charge in [0.1, 0.15) is 16.7 Å². The van der Waals surface area contributed by atoms with Crippen molar-refractivity contribution in [3.63, 3.8) is 0 Å². The predicted molar refractivity (Wildman–Crippen MR) is 64.8 cm³/mol. The molecule has 0 unspecified atom stereocenters. The highest BCUT2D eigenvalue weighted by molar-refractivity contribution is 9.10. The third kappa shape index (κ3) is 3.01. The third-order valence-electron chi connectivity index (χ3n) is 1.97. The van der Waals surface area contributed by atoms with Crippen LogP contribution in [0.4, 0.5) is 0 Å². The summed E-state index contributed by atoms with van der Waals surface area (Å²) in [6, 6.07) is 8.12. The second kappa shape index (κ2) is 4.92. The summed E-state index contributed by atoms with van der Waals surface area (Å²) >= 11 is 3.21. The largest absolute Gasteiger partial charge is 0.439 e. The number of amides is 1. The zero-order valence-electron chi connectivity index (χ0n) is 8.63. The summed E-state index contributed by atoms with van der Waals surface area (Å²) in [7, 11) is 0. The van der Waals surface area contributed by atoms with Gasteiger partial charge in [-0.3, -0.25) is 4.79 Å². The molecule has 0 saturated heterocycles. The lowest BCUT2D eigenvalue weighted by Gasteiger charge is -2.04. The molecule has 5 nitrogen and oxygen atoms in total. The molecule has 0 aliphatic rings. The number of primary amides is 1. The fourth-order valence-corrected chi connectivity index (χ4v) is 1.47. The SMILES string of the molecule is NC(=O)c1ccc(Oc2cc(Br)ncn2)cc1. The van der Waals surface area contributed by atoms with E-state index < -0.39 is 5.91 Å². The Morgan fingerprint density at radius 3 is 2.53 bits per heavy atom. The van der Waals surface area contributed by atoms with Crippen LogP contribution in [-0.2, 0) is 0 Å². The van der Waals surface area contributed by atoms with Crippen molar-refractivity contribution in [2.24, 2.45) is 5.73 Å². The fraction of sp³-hybridized carbons (Fsp3) is 0. The van der Waals surface area contributed by atoms with Gasteiger partial charge < -0.3 is 10.5 Å². The maximum atomic E-state index is 10.9. The lowest BCUT2D eigenvalue weighted by Crippen LogP contribution is -2.10. The van der Waals surface area contributed by atoms with Gasteiger partial charge in [-0.05, 0) is 40.2 Å². The summed E-state index contributed by atoms with van der Waals surface area (Å²) in [5.41, 5.74) is 5.56. The van der Waals surface area contributed by atoms with Gasteiger partial charge in [-0.15, -0.1) is 0 Å². The van der Waals surface area contributed by atoms with Crippen molar-refractivity contribution in [2.75, 3.05) is 0 Å². The minimum atomic E-state index is -0.471. The Kier molecular flexibility index (Phi) is 3.34. The van der Waals surface area contributed by atoms with Crippen LogP contribution in [0.5, 0.6) is 11.6 Å². The highest BCUT2D eigenvalue weighted by Gasteiger charge is 2.02. The summed E-state index contributed by atoms with van der Waals surface area (Å²) in [5.74, 6) is 0.514. The van der Waals surface area contributed by atoms with E-state index in [4.69, 9.17) is 10.5 Å². The molecule has 6 heteroatoms. The number of hydrogen-bond donors (Lipinski definition) is 1. The van der Waals surface area contributed by atoms with Crippen molar-refractivity contribution in [1.82, 2.24) is 9.97 Å². The smallest absolute Gasteiger partial charge is 0.248 e. The summed E-state index contributed by atoms with van der Waals surface area (Å²) < 4.78 is 6.10. The van der Waals surface area contributed by atoms with Gasteiger partial charge in [0, 0.05) is 11.6 Å². The van der Waals surface area contributed by atoms with Gasteiger partial charge in [0.2, 0.25) is 11.8 Å². The van der Waals surface area contributed by atoms with Crippen LogP contribution in [0.1, 0.15) is 10.4 Å². The summed E-state index contributed by atoms with van der Waals surface area (Å²) in [6.45, 7) is 0.